The summed E-state index contributed by atoms with van der Waals surface area (Å²) in [5.74, 6) is -0.0916. The fraction of sp³-hybridized carbons (Fsp3) is 0.857. The molecule has 3 aliphatic rings. The van der Waals surface area contributed by atoms with E-state index in [9.17, 15) is 9.59 Å². The summed E-state index contributed by atoms with van der Waals surface area (Å²) in [4.78, 5) is 23.3. The fourth-order valence-electron chi connectivity index (χ4n) is 4.28. The van der Waals surface area contributed by atoms with E-state index >= 15 is 0 Å². The minimum Gasteiger partial charge on any atom is -0.481 e. The molecule has 0 aromatic heterocycles. The SMILES string of the molecule is O=C(O)C1CCCC1C(=O)NC1CC2CCC1C2. The van der Waals surface area contributed by atoms with Gasteiger partial charge in [-0.25, -0.2) is 0 Å². The molecule has 1 amide bonds. The molecule has 100 valence electrons. The Labute approximate surface area is 107 Å². The van der Waals surface area contributed by atoms with Gasteiger partial charge in [-0.2, -0.15) is 0 Å². The highest BCUT2D eigenvalue weighted by atomic mass is 16.4. The van der Waals surface area contributed by atoms with Crippen LogP contribution in [0.4, 0.5) is 0 Å². The Balaban J connectivity index is 1.59. The van der Waals surface area contributed by atoms with Gasteiger partial charge in [0.25, 0.3) is 0 Å². The maximum Gasteiger partial charge on any atom is 0.307 e. The average molecular weight is 251 g/mol. The smallest absolute Gasteiger partial charge is 0.307 e. The van der Waals surface area contributed by atoms with Crippen molar-refractivity contribution in [1.29, 1.82) is 0 Å². The first kappa shape index (κ1) is 12.0. The Morgan fingerprint density at radius 1 is 1.00 bits per heavy atom. The van der Waals surface area contributed by atoms with Crippen molar-refractivity contribution < 1.29 is 14.7 Å². The second-order valence-corrected chi connectivity index (χ2v) is 6.27. The molecule has 3 fully saturated rings. The van der Waals surface area contributed by atoms with E-state index in [0.29, 0.717) is 18.4 Å². The summed E-state index contributed by atoms with van der Waals surface area (Å²) in [6.45, 7) is 0. The third-order valence-corrected chi connectivity index (χ3v) is 5.24. The van der Waals surface area contributed by atoms with E-state index in [2.05, 4.69) is 5.32 Å². The Morgan fingerprint density at radius 2 is 1.78 bits per heavy atom. The molecule has 4 heteroatoms. The van der Waals surface area contributed by atoms with Crippen LogP contribution in [0.15, 0.2) is 0 Å². The van der Waals surface area contributed by atoms with Crippen LogP contribution in [0.5, 0.6) is 0 Å². The number of carbonyl (C=O) groups excluding carboxylic acids is 1. The summed E-state index contributed by atoms with van der Waals surface area (Å²) in [6.07, 6.45) is 7.19. The predicted octanol–water partition coefficient (Wildman–Crippen LogP) is 1.79. The van der Waals surface area contributed by atoms with E-state index in [4.69, 9.17) is 5.11 Å². The van der Waals surface area contributed by atoms with Crippen molar-refractivity contribution in [3.8, 4) is 0 Å². The number of hydrogen-bond donors (Lipinski definition) is 2. The number of fused-ring (bicyclic) bond motifs is 2. The lowest BCUT2D eigenvalue weighted by Gasteiger charge is -2.25. The Bertz CT molecular complexity index is 368. The molecule has 3 rings (SSSR count). The lowest BCUT2D eigenvalue weighted by molar-refractivity contribution is -0.146. The van der Waals surface area contributed by atoms with E-state index in [1.807, 2.05) is 0 Å². The van der Waals surface area contributed by atoms with Gasteiger partial charge < -0.3 is 10.4 Å². The Morgan fingerprint density at radius 3 is 2.39 bits per heavy atom. The summed E-state index contributed by atoms with van der Waals surface area (Å²) < 4.78 is 0. The summed E-state index contributed by atoms with van der Waals surface area (Å²) >= 11 is 0. The molecule has 0 saturated heterocycles. The maximum atomic E-state index is 12.2. The van der Waals surface area contributed by atoms with Gasteiger partial charge in [-0.05, 0) is 43.9 Å². The first-order chi connectivity index (χ1) is 8.65. The fourth-order valence-corrected chi connectivity index (χ4v) is 4.28. The largest absolute Gasteiger partial charge is 0.481 e. The topological polar surface area (TPSA) is 66.4 Å². The molecular formula is C14H21NO3. The third-order valence-electron chi connectivity index (χ3n) is 5.24. The number of amides is 1. The predicted molar refractivity (Wildman–Crippen MR) is 65.8 cm³/mol. The number of hydrogen-bond acceptors (Lipinski definition) is 2. The molecule has 3 aliphatic carbocycles. The normalized spacial score (nSPS) is 42.1. The van der Waals surface area contributed by atoms with Crippen LogP contribution in [0.1, 0.15) is 44.9 Å². The van der Waals surface area contributed by atoms with Gasteiger partial charge in [0, 0.05) is 6.04 Å². The number of carbonyl (C=O) groups is 2. The van der Waals surface area contributed by atoms with Gasteiger partial charge in [0.1, 0.15) is 0 Å². The van der Waals surface area contributed by atoms with Gasteiger partial charge in [-0.1, -0.05) is 12.8 Å². The van der Waals surface area contributed by atoms with Crippen molar-refractivity contribution in [3.05, 3.63) is 0 Å². The van der Waals surface area contributed by atoms with Crippen LogP contribution < -0.4 is 5.32 Å². The molecule has 2 N–H and O–H groups in total. The summed E-state index contributed by atoms with van der Waals surface area (Å²) in [5, 5.41) is 12.3. The van der Waals surface area contributed by atoms with Crippen molar-refractivity contribution >= 4 is 11.9 Å². The molecule has 0 aromatic rings. The minimum absolute atomic E-state index is 0.00236. The van der Waals surface area contributed by atoms with E-state index in [1.165, 1.54) is 19.3 Å². The van der Waals surface area contributed by atoms with Crippen LogP contribution in [-0.2, 0) is 9.59 Å². The first-order valence-corrected chi connectivity index (χ1v) is 7.18. The number of aliphatic carboxylic acids is 1. The third kappa shape index (κ3) is 2.02. The molecule has 0 radical (unpaired) electrons. The molecule has 5 atom stereocenters. The van der Waals surface area contributed by atoms with E-state index in [1.54, 1.807) is 0 Å². The van der Waals surface area contributed by atoms with Crippen LogP contribution in [0.2, 0.25) is 0 Å². The van der Waals surface area contributed by atoms with Gasteiger partial charge in [0.15, 0.2) is 0 Å². The highest BCUT2D eigenvalue weighted by molar-refractivity contribution is 5.85. The average Bonchev–Trinajstić information content (AvgIpc) is 3.04. The zero-order chi connectivity index (χ0) is 12.7. The van der Waals surface area contributed by atoms with Gasteiger partial charge in [-0.3, -0.25) is 9.59 Å². The van der Waals surface area contributed by atoms with E-state index in [0.717, 1.165) is 25.2 Å². The number of rotatable bonds is 3. The van der Waals surface area contributed by atoms with Crippen LogP contribution in [0, 0.1) is 23.7 Å². The lowest BCUT2D eigenvalue weighted by Crippen LogP contribution is -2.43. The first-order valence-electron chi connectivity index (χ1n) is 7.18. The van der Waals surface area contributed by atoms with Crippen LogP contribution in [-0.4, -0.2) is 23.0 Å². The molecule has 18 heavy (non-hydrogen) atoms. The van der Waals surface area contributed by atoms with E-state index < -0.39 is 11.9 Å². The van der Waals surface area contributed by atoms with Gasteiger partial charge in [0.05, 0.1) is 11.8 Å². The second-order valence-electron chi connectivity index (χ2n) is 6.27. The van der Waals surface area contributed by atoms with Crippen molar-refractivity contribution in [2.75, 3.05) is 0 Å². The van der Waals surface area contributed by atoms with Gasteiger partial charge in [-0.15, -0.1) is 0 Å². The highest BCUT2D eigenvalue weighted by Gasteiger charge is 2.43. The van der Waals surface area contributed by atoms with E-state index in [-0.39, 0.29) is 11.8 Å². The Kier molecular flexibility index (Phi) is 3.04. The molecular weight excluding hydrogens is 230 g/mol. The molecule has 4 nitrogen and oxygen atoms in total. The van der Waals surface area contributed by atoms with Gasteiger partial charge in [0.2, 0.25) is 5.91 Å². The van der Waals surface area contributed by atoms with Gasteiger partial charge >= 0.3 is 5.97 Å². The van der Waals surface area contributed by atoms with Crippen molar-refractivity contribution in [1.82, 2.24) is 5.32 Å². The molecule has 0 aliphatic heterocycles. The standard InChI is InChI=1S/C14H21NO3/c16-13(10-2-1-3-11(10)14(17)18)15-12-7-8-4-5-9(12)6-8/h8-12H,1-7H2,(H,15,16)(H,17,18). The van der Waals surface area contributed by atoms with Crippen LogP contribution in [0.3, 0.4) is 0 Å². The van der Waals surface area contributed by atoms with Crippen molar-refractivity contribution in [3.63, 3.8) is 0 Å². The summed E-state index contributed by atoms with van der Waals surface area (Å²) in [6, 6.07) is 0.325. The molecule has 0 heterocycles. The summed E-state index contributed by atoms with van der Waals surface area (Å²) in [7, 11) is 0. The summed E-state index contributed by atoms with van der Waals surface area (Å²) in [5.41, 5.74) is 0. The lowest BCUT2D eigenvalue weighted by atomic mass is 9.92. The molecule has 0 aromatic carbocycles. The zero-order valence-corrected chi connectivity index (χ0v) is 10.6. The monoisotopic (exact) mass is 251 g/mol. The van der Waals surface area contributed by atoms with Crippen molar-refractivity contribution in [2.24, 2.45) is 23.7 Å². The zero-order valence-electron chi connectivity index (χ0n) is 10.6. The number of carboxylic acids is 1. The maximum absolute atomic E-state index is 12.2. The van der Waals surface area contributed by atoms with Crippen molar-refractivity contribution in [2.45, 2.75) is 51.0 Å². The Hall–Kier alpha value is -1.06. The van der Waals surface area contributed by atoms with Crippen LogP contribution >= 0.6 is 0 Å². The molecule has 0 spiro atoms. The second kappa shape index (κ2) is 4.56. The molecule has 5 unspecified atom stereocenters. The molecule has 3 saturated carbocycles. The minimum atomic E-state index is -0.805. The molecule has 2 bridgehead atoms. The number of carboxylic acid groups (broad SMARTS) is 1. The van der Waals surface area contributed by atoms with Crippen LogP contribution in [0.25, 0.3) is 0 Å². The quantitative estimate of drug-likeness (QED) is 0.803. The number of nitrogens with one attached hydrogen (secondary N) is 1. The highest BCUT2D eigenvalue weighted by Crippen LogP contribution is 2.44.